The first kappa shape index (κ1) is 13.2. The van der Waals surface area contributed by atoms with E-state index in [0.29, 0.717) is 5.92 Å². The summed E-state index contributed by atoms with van der Waals surface area (Å²) in [4.78, 5) is 4.43. The Kier molecular flexibility index (Phi) is 5.54. The van der Waals surface area contributed by atoms with E-state index in [0.717, 1.165) is 23.6 Å². The van der Waals surface area contributed by atoms with Crippen molar-refractivity contribution in [1.82, 2.24) is 0 Å². The Morgan fingerprint density at radius 3 is 2.75 bits per heavy atom. The van der Waals surface area contributed by atoms with E-state index in [2.05, 4.69) is 31.8 Å². The maximum absolute atomic E-state index is 6.20. The SMILES string of the molecule is CCCC/N=C/c1c(Cl)cccc1C(C)C. The first-order valence-electron chi connectivity index (χ1n) is 5.95. The fourth-order valence-corrected chi connectivity index (χ4v) is 1.83. The lowest BCUT2D eigenvalue weighted by molar-refractivity contribution is 0.809. The van der Waals surface area contributed by atoms with Crippen molar-refractivity contribution < 1.29 is 0 Å². The summed E-state index contributed by atoms with van der Waals surface area (Å²) >= 11 is 6.20. The number of benzene rings is 1. The van der Waals surface area contributed by atoms with E-state index in [1.807, 2.05) is 18.3 Å². The third-order valence-corrected chi connectivity index (χ3v) is 2.90. The van der Waals surface area contributed by atoms with Gasteiger partial charge in [0.1, 0.15) is 0 Å². The van der Waals surface area contributed by atoms with Crippen molar-refractivity contribution in [2.24, 2.45) is 4.99 Å². The summed E-state index contributed by atoms with van der Waals surface area (Å²) in [6.07, 6.45) is 4.24. The highest BCUT2D eigenvalue weighted by Gasteiger charge is 2.07. The van der Waals surface area contributed by atoms with E-state index in [4.69, 9.17) is 11.6 Å². The van der Waals surface area contributed by atoms with E-state index in [1.54, 1.807) is 0 Å². The number of unbranched alkanes of at least 4 members (excludes halogenated alkanes) is 1. The Morgan fingerprint density at radius 1 is 1.38 bits per heavy atom. The molecule has 0 unspecified atom stereocenters. The second-order valence-corrected chi connectivity index (χ2v) is 4.69. The summed E-state index contributed by atoms with van der Waals surface area (Å²) in [7, 11) is 0. The van der Waals surface area contributed by atoms with Gasteiger partial charge in [-0.3, -0.25) is 4.99 Å². The average Bonchev–Trinajstić information content (AvgIpc) is 2.25. The smallest absolute Gasteiger partial charge is 0.0496 e. The Balaban J connectivity index is 2.88. The third-order valence-electron chi connectivity index (χ3n) is 2.57. The summed E-state index contributed by atoms with van der Waals surface area (Å²) in [5.74, 6) is 0.478. The Morgan fingerprint density at radius 2 is 2.12 bits per heavy atom. The van der Waals surface area contributed by atoms with Gasteiger partial charge in [-0.25, -0.2) is 0 Å². The second kappa shape index (κ2) is 6.70. The van der Waals surface area contributed by atoms with Crippen molar-refractivity contribution in [3.8, 4) is 0 Å². The minimum Gasteiger partial charge on any atom is -0.292 e. The van der Waals surface area contributed by atoms with Gasteiger partial charge in [0, 0.05) is 23.3 Å². The topological polar surface area (TPSA) is 12.4 Å². The number of hydrogen-bond acceptors (Lipinski definition) is 1. The lowest BCUT2D eigenvalue weighted by atomic mass is 9.98. The van der Waals surface area contributed by atoms with Crippen molar-refractivity contribution in [2.75, 3.05) is 6.54 Å². The van der Waals surface area contributed by atoms with Gasteiger partial charge in [0.05, 0.1) is 0 Å². The van der Waals surface area contributed by atoms with Crippen LogP contribution in [0.2, 0.25) is 5.02 Å². The minimum atomic E-state index is 0.478. The number of halogens is 1. The molecule has 1 nitrogen and oxygen atoms in total. The van der Waals surface area contributed by atoms with Gasteiger partial charge in [-0.05, 0) is 24.0 Å². The molecule has 0 aromatic heterocycles. The first-order chi connectivity index (χ1) is 7.66. The Hall–Kier alpha value is -0.820. The van der Waals surface area contributed by atoms with Gasteiger partial charge in [-0.15, -0.1) is 0 Å². The molecule has 0 heterocycles. The van der Waals surface area contributed by atoms with Gasteiger partial charge < -0.3 is 0 Å². The standard InChI is InChI=1S/C14H20ClN/c1-4-5-9-16-10-13-12(11(2)3)7-6-8-14(13)15/h6-8,10-11H,4-5,9H2,1-3H3/b16-10+. The highest BCUT2D eigenvalue weighted by Crippen LogP contribution is 2.24. The van der Waals surface area contributed by atoms with Crippen LogP contribution in [0, 0.1) is 0 Å². The molecular formula is C14H20ClN. The molecule has 1 aromatic carbocycles. The molecule has 0 radical (unpaired) electrons. The lowest BCUT2D eigenvalue weighted by Crippen LogP contribution is -1.97. The van der Waals surface area contributed by atoms with Crippen molar-refractivity contribution in [3.63, 3.8) is 0 Å². The molecule has 1 rings (SSSR count). The van der Waals surface area contributed by atoms with Crippen LogP contribution in [-0.2, 0) is 0 Å². The summed E-state index contributed by atoms with van der Waals surface area (Å²) in [5, 5.41) is 0.798. The maximum atomic E-state index is 6.20. The Labute approximate surface area is 104 Å². The van der Waals surface area contributed by atoms with Crippen LogP contribution in [-0.4, -0.2) is 12.8 Å². The molecule has 0 N–H and O–H groups in total. The fourth-order valence-electron chi connectivity index (χ4n) is 1.60. The molecule has 0 saturated carbocycles. The molecule has 0 atom stereocenters. The van der Waals surface area contributed by atoms with E-state index >= 15 is 0 Å². The maximum Gasteiger partial charge on any atom is 0.0496 e. The minimum absolute atomic E-state index is 0.478. The number of hydrogen-bond donors (Lipinski definition) is 0. The number of rotatable bonds is 5. The summed E-state index contributed by atoms with van der Waals surface area (Å²) in [5.41, 5.74) is 2.35. The second-order valence-electron chi connectivity index (χ2n) is 4.29. The third kappa shape index (κ3) is 3.64. The van der Waals surface area contributed by atoms with Crippen LogP contribution in [0.3, 0.4) is 0 Å². The van der Waals surface area contributed by atoms with E-state index < -0.39 is 0 Å². The van der Waals surface area contributed by atoms with Gasteiger partial charge in [0.15, 0.2) is 0 Å². The highest BCUT2D eigenvalue weighted by molar-refractivity contribution is 6.33. The molecule has 2 heteroatoms. The van der Waals surface area contributed by atoms with Gasteiger partial charge in [-0.2, -0.15) is 0 Å². The molecule has 0 aliphatic carbocycles. The quantitative estimate of drug-likeness (QED) is 0.521. The van der Waals surface area contributed by atoms with Crippen molar-refractivity contribution in [2.45, 2.75) is 39.5 Å². The monoisotopic (exact) mass is 237 g/mol. The summed E-state index contributed by atoms with van der Waals surface area (Å²) in [6.45, 7) is 7.41. The summed E-state index contributed by atoms with van der Waals surface area (Å²) in [6, 6.07) is 6.05. The van der Waals surface area contributed by atoms with Crippen molar-refractivity contribution >= 4 is 17.8 Å². The zero-order valence-corrected chi connectivity index (χ0v) is 11.1. The zero-order chi connectivity index (χ0) is 12.0. The van der Waals surface area contributed by atoms with Crippen LogP contribution in [0.15, 0.2) is 23.2 Å². The number of aliphatic imine (C=N–C) groups is 1. The van der Waals surface area contributed by atoms with E-state index in [9.17, 15) is 0 Å². The van der Waals surface area contributed by atoms with Crippen LogP contribution in [0.25, 0.3) is 0 Å². The molecule has 0 aliphatic heterocycles. The molecule has 1 aromatic rings. The zero-order valence-electron chi connectivity index (χ0n) is 10.3. The fraction of sp³-hybridized carbons (Fsp3) is 0.500. The molecule has 0 saturated heterocycles. The van der Waals surface area contributed by atoms with Gasteiger partial charge in [-0.1, -0.05) is 50.9 Å². The molecule has 0 aliphatic rings. The molecule has 0 amide bonds. The molecule has 0 fully saturated rings. The molecule has 0 spiro atoms. The van der Waals surface area contributed by atoms with Crippen LogP contribution in [0.4, 0.5) is 0 Å². The molecule has 16 heavy (non-hydrogen) atoms. The predicted molar refractivity (Wildman–Crippen MR) is 72.9 cm³/mol. The lowest BCUT2D eigenvalue weighted by Gasteiger charge is -2.10. The normalized spacial score (nSPS) is 11.6. The highest BCUT2D eigenvalue weighted by atomic mass is 35.5. The first-order valence-corrected chi connectivity index (χ1v) is 6.32. The summed E-state index contributed by atoms with van der Waals surface area (Å²) < 4.78 is 0. The average molecular weight is 238 g/mol. The number of nitrogens with zero attached hydrogens (tertiary/aromatic N) is 1. The molecule has 0 bridgehead atoms. The van der Waals surface area contributed by atoms with Gasteiger partial charge >= 0.3 is 0 Å². The van der Waals surface area contributed by atoms with E-state index in [-0.39, 0.29) is 0 Å². The molecule has 88 valence electrons. The van der Waals surface area contributed by atoms with Gasteiger partial charge in [0.2, 0.25) is 0 Å². The predicted octanol–water partition coefficient (Wildman–Crippen LogP) is 4.68. The van der Waals surface area contributed by atoms with Crippen LogP contribution < -0.4 is 0 Å². The van der Waals surface area contributed by atoms with Crippen LogP contribution >= 0.6 is 11.6 Å². The molecular weight excluding hydrogens is 218 g/mol. The van der Waals surface area contributed by atoms with Crippen molar-refractivity contribution in [1.29, 1.82) is 0 Å². The van der Waals surface area contributed by atoms with Gasteiger partial charge in [0.25, 0.3) is 0 Å². The Bertz CT molecular complexity index is 356. The van der Waals surface area contributed by atoms with Crippen molar-refractivity contribution in [3.05, 3.63) is 34.3 Å². The van der Waals surface area contributed by atoms with Crippen LogP contribution in [0.1, 0.15) is 50.7 Å². The van der Waals surface area contributed by atoms with Crippen LogP contribution in [0.5, 0.6) is 0 Å². The largest absolute Gasteiger partial charge is 0.292 e. The van der Waals surface area contributed by atoms with E-state index in [1.165, 1.54) is 12.0 Å².